The van der Waals surface area contributed by atoms with Crippen LogP contribution in [0, 0.1) is 11.8 Å². The van der Waals surface area contributed by atoms with Crippen LogP contribution >= 0.6 is 0 Å². The van der Waals surface area contributed by atoms with Gasteiger partial charge in [0, 0.05) is 17.2 Å². The maximum Gasteiger partial charge on any atom is 0.309 e. The van der Waals surface area contributed by atoms with Gasteiger partial charge in [0.05, 0.1) is 13.0 Å². The number of carbonyl (C=O) groups excluding carboxylic acids is 2. The highest BCUT2D eigenvalue weighted by Gasteiger charge is 2.38. The summed E-state index contributed by atoms with van der Waals surface area (Å²) in [6, 6.07) is 9.02. The van der Waals surface area contributed by atoms with E-state index in [1.807, 2.05) is 18.2 Å². The molecule has 0 aromatic heterocycles. The van der Waals surface area contributed by atoms with Crippen LogP contribution in [0.3, 0.4) is 0 Å². The maximum atomic E-state index is 12.2. The van der Waals surface area contributed by atoms with Gasteiger partial charge in [-0.1, -0.05) is 50.8 Å². The van der Waals surface area contributed by atoms with Crippen LogP contribution in [0.4, 0.5) is 0 Å². The first-order valence-corrected chi connectivity index (χ1v) is 9.17. The molecule has 1 N–H and O–H groups in total. The minimum Gasteiger partial charge on any atom is -0.469 e. The van der Waals surface area contributed by atoms with Gasteiger partial charge in [-0.05, 0) is 31.4 Å². The summed E-state index contributed by atoms with van der Waals surface area (Å²) in [6.07, 6.45) is 6.99. The minimum atomic E-state index is -0.223. The average Bonchev–Trinajstić information content (AvgIpc) is 3.06. The zero-order valence-electron chi connectivity index (χ0n) is 15.2. The van der Waals surface area contributed by atoms with E-state index in [1.54, 1.807) is 12.1 Å². The number of benzene rings is 1. The van der Waals surface area contributed by atoms with Gasteiger partial charge in [-0.2, -0.15) is 5.10 Å². The third-order valence-electron chi connectivity index (χ3n) is 4.83. The molecular weight excluding hydrogens is 316 g/mol. The van der Waals surface area contributed by atoms with Gasteiger partial charge in [-0.3, -0.25) is 9.59 Å². The normalized spacial score (nSPS) is 21.3. The molecule has 0 heterocycles. The number of amides is 1. The maximum absolute atomic E-state index is 12.2. The SMILES string of the molecule is CCCCCC[C@H]1/C(=N/NC(=O)c2ccccc2)CC[C@H]1C(=O)OC. The van der Waals surface area contributed by atoms with Crippen LogP contribution in [-0.4, -0.2) is 24.7 Å². The predicted octanol–water partition coefficient (Wildman–Crippen LogP) is 3.94. The van der Waals surface area contributed by atoms with E-state index >= 15 is 0 Å². The van der Waals surface area contributed by atoms with E-state index in [9.17, 15) is 9.59 Å². The summed E-state index contributed by atoms with van der Waals surface area (Å²) in [7, 11) is 1.43. The highest BCUT2D eigenvalue weighted by Crippen LogP contribution is 2.34. The van der Waals surface area contributed by atoms with Crippen LogP contribution in [0.15, 0.2) is 35.4 Å². The third-order valence-corrected chi connectivity index (χ3v) is 4.83. The van der Waals surface area contributed by atoms with Gasteiger partial charge in [0.15, 0.2) is 0 Å². The van der Waals surface area contributed by atoms with E-state index in [-0.39, 0.29) is 23.7 Å². The van der Waals surface area contributed by atoms with Crippen molar-refractivity contribution < 1.29 is 14.3 Å². The number of hydrogen-bond acceptors (Lipinski definition) is 4. The van der Waals surface area contributed by atoms with Gasteiger partial charge < -0.3 is 4.74 Å². The summed E-state index contributed by atoms with van der Waals surface area (Å²) in [4.78, 5) is 24.2. The second-order valence-electron chi connectivity index (χ2n) is 6.53. The van der Waals surface area contributed by atoms with E-state index in [1.165, 1.54) is 20.0 Å². The molecule has 1 aliphatic carbocycles. The molecule has 25 heavy (non-hydrogen) atoms. The smallest absolute Gasteiger partial charge is 0.309 e. The molecular formula is C20H28N2O3. The first kappa shape index (κ1) is 19.2. The molecule has 0 bridgehead atoms. The van der Waals surface area contributed by atoms with Gasteiger partial charge in [0.25, 0.3) is 5.91 Å². The molecule has 0 unspecified atom stereocenters. The monoisotopic (exact) mass is 344 g/mol. The Morgan fingerprint density at radius 2 is 1.96 bits per heavy atom. The van der Waals surface area contributed by atoms with Crippen molar-refractivity contribution in [3.63, 3.8) is 0 Å². The highest BCUT2D eigenvalue weighted by molar-refractivity contribution is 5.97. The van der Waals surface area contributed by atoms with Crippen LogP contribution in [-0.2, 0) is 9.53 Å². The number of nitrogens with one attached hydrogen (secondary N) is 1. The summed E-state index contributed by atoms with van der Waals surface area (Å²) in [5, 5.41) is 4.36. The van der Waals surface area contributed by atoms with Crippen molar-refractivity contribution in [3.8, 4) is 0 Å². The van der Waals surface area contributed by atoms with Crippen LogP contribution in [0.25, 0.3) is 0 Å². The molecule has 136 valence electrons. The van der Waals surface area contributed by atoms with Crippen molar-refractivity contribution in [1.29, 1.82) is 0 Å². The number of unbranched alkanes of at least 4 members (excludes halogenated alkanes) is 3. The standard InChI is InChI=1S/C20H28N2O3/c1-3-4-5-9-12-16-17(20(24)25-2)13-14-18(16)21-22-19(23)15-10-7-6-8-11-15/h6-8,10-11,16-17H,3-5,9,12-14H2,1-2H3,(H,22,23)/b21-18+/t16-,17-/m1/s1. The summed E-state index contributed by atoms with van der Waals surface area (Å²) in [5.41, 5.74) is 4.14. The Balaban J connectivity index is 2.02. The highest BCUT2D eigenvalue weighted by atomic mass is 16.5. The van der Waals surface area contributed by atoms with Gasteiger partial charge in [-0.15, -0.1) is 0 Å². The van der Waals surface area contributed by atoms with E-state index in [2.05, 4.69) is 17.5 Å². The quantitative estimate of drug-likeness (QED) is 0.441. The summed E-state index contributed by atoms with van der Waals surface area (Å²) in [5.74, 6) is -0.459. The molecule has 1 fully saturated rings. The van der Waals surface area contributed by atoms with E-state index < -0.39 is 0 Å². The summed E-state index contributed by atoms with van der Waals surface area (Å²) in [6.45, 7) is 2.18. The van der Waals surface area contributed by atoms with Crippen LogP contribution < -0.4 is 5.43 Å². The molecule has 1 saturated carbocycles. The average molecular weight is 344 g/mol. The Bertz CT molecular complexity index is 598. The fourth-order valence-corrected chi connectivity index (χ4v) is 3.43. The van der Waals surface area contributed by atoms with E-state index in [4.69, 9.17) is 4.74 Å². The van der Waals surface area contributed by atoms with Crippen molar-refractivity contribution in [2.45, 2.75) is 51.9 Å². The van der Waals surface area contributed by atoms with Gasteiger partial charge >= 0.3 is 5.97 Å². The lowest BCUT2D eigenvalue weighted by Gasteiger charge is -2.18. The predicted molar refractivity (Wildman–Crippen MR) is 98.3 cm³/mol. The molecule has 0 spiro atoms. The molecule has 2 rings (SSSR count). The summed E-state index contributed by atoms with van der Waals surface area (Å²) >= 11 is 0. The van der Waals surface area contributed by atoms with Crippen molar-refractivity contribution in [3.05, 3.63) is 35.9 Å². The molecule has 2 atom stereocenters. The fraction of sp³-hybridized carbons (Fsp3) is 0.550. The second-order valence-corrected chi connectivity index (χ2v) is 6.53. The molecule has 0 saturated heterocycles. The minimum absolute atomic E-state index is 0.0698. The molecule has 0 radical (unpaired) electrons. The molecule has 1 aliphatic rings. The number of carbonyl (C=O) groups is 2. The van der Waals surface area contributed by atoms with Gasteiger partial charge in [0.1, 0.15) is 0 Å². The molecule has 1 aromatic carbocycles. The number of rotatable bonds is 8. The number of hydrazone groups is 1. The number of methoxy groups -OCH3 is 1. The van der Waals surface area contributed by atoms with Crippen LogP contribution in [0.2, 0.25) is 0 Å². The molecule has 0 aliphatic heterocycles. The van der Waals surface area contributed by atoms with Crippen LogP contribution in [0.5, 0.6) is 0 Å². The van der Waals surface area contributed by atoms with Crippen LogP contribution in [0.1, 0.15) is 62.2 Å². The van der Waals surface area contributed by atoms with Gasteiger partial charge in [-0.25, -0.2) is 5.43 Å². The number of hydrogen-bond donors (Lipinski definition) is 1. The summed E-state index contributed by atoms with van der Waals surface area (Å²) < 4.78 is 4.95. The first-order chi connectivity index (χ1) is 12.2. The Kier molecular flexibility index (Phi) is 7.64. The zero-order chi connectivity index (χ0) is 18.1. The Labute approximate surface area is 149 Å². The van der Waals surface area contributed by atoms with E-state index in [0.29, 0.717) is 5.56 Å². The third kappa shape index (κ3) is 5.41. The largest absolute Gasteiger partial charge is 0.469 e. The zero-order valence-corrected chi connectivity index (χ0v) is 15.2. The Hall–Kier alpha value is -2.17. The van der Waals surface area contributed by atoms with E-state index in [0.717, 1.165) is 37.8 Å². The van der Waals surface area contributed by atoms with Crippen molar-refractivity contribution in [1.82, 2.24) is 5.43 Å². The second kappa shape index (κ2) is 9.97. The van der Waals surface area contributed by atoms with Crippen molar-refractivity contribution >= 4 is 17.6 Å². The number of esters is 1. The first-order valence-electron chi connectivity index (χ1n) is 9.17. The van der Waals surface area contributed by atoms with Crippen molar-refractivity contribution in [2.24, 2.45) is 16.9 Å². The number of nitrogens with zero attached hydrogens (tertiary/aromatic N) is 1. The van der Waals surface area contributed by atoms with Crippen molar-refractivity contribution in [2.75, 3.05) is 7.11 Å². The molecule has 1 aromatic rings. The topological polar surface area (TPSA) is 67.8 Å². The fourth-order valence-electron chi connectivity index (χ4n) is 3.43. The molecule has 5 heteroatoms. The molecule has 5 nitrogen and oxygen atoms in total. The Morgan fingerprint density at radius 3 is 2.64 bits per heavy atom. The lowest BCUT2D eigenvalue weighted by molar-refractivity contribution is -0.146. The lowest BCUT2D eigenvalue weighted by Crippen LogP contribution is -2.26. The number of ether oxygens (including phenoxy) is 1. The lowest BCUT2D eigenvalue weighted by atomic mass is 9.89. The Morgan fingerprint density at radius 1 is 1.20 bits per heavy atom. The van der Waals surface area contributed by atoms with Gasteiger partial charge in [0.2, 0.25) is 0 Å². The molecule has 1 amide bonds.